The van der Waals surface area contributed by atoms with Crippen LogP contribution in [0.4, 0.5) is 10.1 Å². The molecule has 0 unspecified atom stereocenters. The van der Waals surface area contributed by atoms with Crippen LogP contribution in [0.5, 0.6) is 0 Å². The van der Waals surface area contributed by atoms with E-state index >= 15 is 0 Å². The molecule has 4 nitrogen and oxygen atoms in total. The number of ether oxygens (including phenoxy) is 1. The van der Waals surface area contributed by atoms with Crippen molar-refractivity contribution >= 4 is 11.7 Å². The summed E-state index contributed by atoms with van der Waals surface area (Å²) in [5, 5.41) is 0. The fraction of sp³-hybridized carbons (Fsp3) is 0.333. The Morgan fingerprint density at radius 1 is 1.64 bits per heavy atom. The van der Waals surface area contributed by atoms with E-state index in [4.69, 9.17) is 10.5 Å². The van der Waals surface area contributed by atoms with Gasteiger partial charge >= 0.3 is 5.97 Å². The van der Waals surface area contributed by atoms with E-state index in [1.807, 2.05) is 0 Å². The lowest BCUT2D eigenvalue weighted by Crippen LogP contribution is -2.15. The molecule has 5 heteroatoms. The highest BCUT2D eigenvalue weighted by Gasteiger charge is 2.14. The van der Waals surface area contributed by atoms with Gasteiger partial charge in [-0.1, -0.05) is 0 Å². The van der Waals surface area contributed by atoms with Crippen LogP contribution in [-0.2, 0) is 4.74 Å². The smallest absolute Gasteiger partial charge is 0.359 e. The summed E-state index contributed by atoms with van der Waals surface area (Å²) in [5.41, 5.74) is 5.32. The van der Waals surface area contributed by atoms with Gasteiger partial charge < -0.3 is 10.5 Å². The van der Waals surface area contributed by atoms with Gasteiger partial charge in [0.1, 0.15) is 5.82 Å². The van der Waals surface area contributed by atoms with Crippen LogP contribution < -0.4 is 5.73 Å². The average molecular weight is 198 g/mol. The number of hydrogen-bond acceptors (Lipinski definition) is 4. The maximum Gasteiger partial charge on any atom is 0.359 e. The Hall–Kier alpha value is -1.65. The van der Waals surface area contributed by atoms with Crippen molar-refractivity contribution in [2.45, 2.75) is 20.0 Å². The van der Waals surface area contributed by atoms with Crippen molar-refractivity contribution in [2.24, 2.45) is 0 Å². The van der Waals surface area contributed by atoms with Gasteiger partial charge in [-0.3, -0.25) is 0 Å². The Morgan fingerprint density at radius 2 is 2.29 bits per heavy atom. The normalized spacial score (nSPS) is 10.3. The van der Waals surface area contributed by atoms with Gasteiger partial charge in [-0.25, -0.2) is 14.2 Å². The maximum absolute atomic E-state index is 12.6. The highest BCUT2D eigenvalue weighted by Crippen LogP contribution is 2.11. The zero-order chi connectivity index (χ0) is 10.7. The van der Waals surface area contributed by atoms with Crippen LogP contribution in [0, 0.1) is 5.82 Å². The number of hydrogen-bond donors (Lipinski definition) is 1. The molecule has 1 heterocycles. The number of pyridine rings is 1. The molecular formula is C9H11FN2O2. The first-order valence-corrected chi connectivity index (χ1v) is 4.12. The van der Waals surface area contributed by atoms with Gasteiger partial charge in [-0.15, -0.1) is 0 Å². The van der Waals surface area contributed by atoms with E-state index in [2.05, 4.69) is 4.98 Å². The molecule has 2 N–H and O–H groups in total. The second kappa shape index (κ2) is 4.04. The molecule has 0 radical (unpaired) electrons. The molecule has 0 bridgehead atoms. The average Bonchev–Trinajstić information content (AvgIpc) is 2.01. The first-order valence-electron chi connectivity index (χ1n) is 4.12. The van der Waals surface area contributed by atoms with Crippen molar-refractivity contribution in [1.29, 1.82) is 0 Å². The molecule has 76 valence electrons. The summed E-state index contributed by atoms with van der Waals surface area (Å²) < 4.78 is 17.4. The molecule has 0 atom stereocenters. The van der Waals surface area contributed by atoms with Crippen LogP contribution in [0.25, 0.3) is 0 Å². The molecule has 0 amide bonds. The minimum absolute atomic E-state index is 0.0179. The van der Waals surface area contributed by atoms with Gasteiger partial charge in [-0.2, -0.15) is 0 Å². The molecule has 0 aromatic carbocycles. The third kappa shape index (κ3) is 2.42. The Labute approximate surface area is 80.9 Å². The number of anilines is 1. The van der Waals surface area contributed by atoms with Crippen molar-refractivity contribution in [3.63, 3.8) is 0 Å². The number of carbonyl (C=O) groups is 1. The lowest BCUT2D eigenvalue weighted by molar-refractivity contribution is 0.0372. The van der Waals surface area contributed by atoms with E-state index in [1.54, 1.807) is 13.8 Å². The van der Waals surface area contributed by atoms with Crippen LogP contribution in [0.2, 0.25) is 0 Å². The van der Waals surface area contributed by atoms with Gasteiger partial charge in [0.05, 0.1) is 18.0 Å². The molecular weight excluding hydrogens is 187 g/mol. The van der Waals surface area contributed by atoms with Crippen LogP contribution in [-0.4, -0.2) is 17.1 Å². The summed E-state index contributed by atoms with van der Waals surface area (Å²) >= 11 is 0. The van der Waals surface area contributed by atoms with E-state index in [-0.39, 0.29) is 17.5 Å². The highest BCUT2D eigenvalue weighted by atomic mass is 19.1. The number of nitrogens with two attached hydrogens (primary N) is 1. The van der Waals surface area contributed by atoms with Crippen molar-refractivity contribution in [2.75, 3.05) is 5.73 Å². The van der Waals surface area contributed by atoms with Gasteiger partial charge in [-0.05, 0) is 13.8 Å². The number of carbonyl (C=O) groups excluding carboxylic acids is 1. The topological polar surface area (TPSA) is 65.2 Å². The number of nitrogen functional groups attached to an aromatic ring is 1. The Bertz CT molecular complexity index is 353. The lowest BCUT2D eigenvalue weighted by atomic mass is 10.3. The Morgan fingerprint density at radius 3 is 2.79 bits per heavy atom. The summed E-state index contributed by atoms with van der Waals surface area (Å²) in [5.74, 6) is -1.22. The third-order valence-corrected chi connectivity index (χ3v) is 1.42. The zero-order valence-electron chi connectivity index (χ0n) is 7.95. The summed E-state index contributed by atoms with van der Waals surface area (Å²) in [4.78, 5) is 14.9. The number of esters is 1. The second-order valence-corrected chi connectivity index (χ2v) is 3.05. The summed E-state index contributed by atoms with van der Waals surface area (Å²) in [6.07, 6.45) is 0.668. The number of nitrogens with zero attached hydrogens (tertiary/aromatic N) is 1. The predicted octanol–water partition coefficient (Wildman–Crippen LogP) is 1.37. The molecule has 1 rings (SSSR count). The quantitative estimate of drug-likeness (QED) is 0.729. The van der Waals surface area contributed by atoms with Crippen molar-refractivity contribution in [1.82, 2.24) is 4.98 Å². The molecule has 0 aliphatic carbocycles. The van der Waals surface area contributed by atoms with Crippen molar-refractivity contribution in [3.8, 4) is 0 Å². The zero-order valence-corrected chi connectivity index (χ0v) is 7.95. The van der Waals surface area contributed by atoms with Gasteiger partial charge in [0.25, 0.3) is 0 Å². The molecule has 0 aliphatic rings. The van der Waals surface area contributed by atoms with Crippen LogP contribution in [0.15, 0.2) is 12.3 Å². The third-order valence-electron chi connectivity index (χ3n) is 1.42. The van der Waals surface area contributed by atoms with E-state index < -0.39 is 11.8 Å². The fourth-order valence-corrected chi connectivity index (χ4v) is 0.895. The van der Waals surface area contributed by atoms with E-state index in [9.17, 15) is 9.18 Å². The summed E-state index contributed by atoms with van der Waals surface area (Å²) in [7, 11) is 0. The van der Waals surface area contributed by atoms with Crippen LogP contribution >= 0.6 is 0 Å². The molecule has 0 spiro atoms. The summed E-state index contributed by atoms with van der Waals surface area (Å²) in [6, 6.07) is 1.03. The van der Waals surface area contributed by atoms with Gasteiger partial charge in [0.2, 0.25) is 0 Å². The van der Waals surface area contributed by atoms with Gasteiger partial charge in [0.15, 0.2) is 5.69 Å². The van der Waals surface area contributed by atoms with Crippen LogP contribution in [0.3, 0.4) is 0 Å². The summed E-state index contributed by atoms with van der Waals surface area (Å²) in [6.45, 7) is 3.41. The SMILES string of the molecule is CC(C)OC(=O)c1ncc(F)cc1N. The van der Waals surface area contributed by atoms with Gasteiger partial charge in [0, 0.05) is 6.07 Å². The van der Waals surface area contributed by atoms with E-state index in [0.29, 0.717) is 0 Å². The van der Waals surface area contributed by atoms with E-state index in [1.165, 1.54) is 0 Å². The number of halogens is 1. The standard InChI is InChI=1S/C9H11FN2O2/c1-5(2)14-9(13)8-7(11)3-6(10)4-12-8/h3-5H,11H2,1-2H3. The van der Waals surface area contributed by atoms with Crippen molar-refractivity contribution in [3.05, 3.63) is 23.8 Å². The number of aromatic nitrogens is 1. The maximum atomic E-state index is 12.6. The van der Waals surface area contributed by atoms with E-state index in [0.717, 1.165) is 12.3 Å². The Kier molecular flexibility index (Phi) is 3.01. The highest BCUT2D eigenvalue weighted by molar-refractivity contribution is 5.92. The minimum Gasteiger partial charge on any atom is -0.458 e. The molecule has 0 saturated carbocycles. The van der Waals surface area contributed by atoms with Crippen LogP contribution in [0.1, 0.15) is 24.3 Å². The number of rotatable bonds is 2. The molecule has 1 aromatic heterocycles. The lowest BCUT2D eigenvalue weighted by Gasteiger charge is -2.08. The molecule has 14 heavy (non-hydrogen) atoms. The Balaban J connectivity index is 2.90. The van der Waals surface area contributed by atoms with Crippen molar-refractivity contribution < 1.29 is 13.9 Å². The first kappa shape index (κ1) is 10.4. The predicted molar refractivity (Wildman–Crippen MR) is 49.2 cm³/mol. The minimum atomic E-state index is -0.641. The first-order chi connectivity index (χ1) is 6.50. The fourth-order valence-electron chi connectivity index (χ4n) is 0.895. The largest absolute Gasteiger partial charge is 0.458 e. The second-order valence-electron chi connectivity index (χ2n) is 3.05. The molecule has 1 aromatic rings. The molecule has 0 fully saturated rings. The molecule has 0 saturated heterocycles. The monoisotopic (exact) mass is 198 g/mol. The molecule has 0 aliphatic heterocycles.